The first-order valence-electron chi connectivity index (χ1n) is 8.53. The number of hydrogen-bond acceptors (Lipinski definition) is 1. The first-order valence-corrected chi connectivity index (χ1v) is 8.53. The SMILES string of the molecule is OCCCCc1ccc(-c2ccc(-c3cc(F)c(F)c(F)c3)cc2)cc1. The first kappa shape index (κ1) is 18.2. The Labute approximate surface area is 150 Å². The van der Waals surface area contributed by atoms with Crippen LogP contribution in [-0.4, -0.2) is 11.7 Å². The average Bonchev–Trinajstić information content (AvgIpc) is 2.67. The molecule has 3 aromatic rings. The predicted octanol–water partition coefficient (Wildman–Crippen LogP) is 5.75. The van der Waals surface area contributed by atoms with Gasteiger partial charge in [-0.25, -0.2) is 13.2 Å². The largest absolute Gasteiger partial charge is 0.396 e. The van der Waals surface area contributed by atoms with Gasteiger partial charge in [-0.15, -0.1) is 0 Å². The van der Waals surface area contributed by atoms with Crippen molar-refractivity contribution in [3.63, 3.8) is 0 Å². The summed E-state index contributed by atoms with van der Waals surface area (Å²) in [5.41, 5.74) is 4.16. The fourth-order valence-corrected chi connectivity index (χ4v) is 2.88. The molecule has 0 saturated carbocycles. The van der Waals surface area contributed by atoms with E-state index in [-0.39, 0.29) is 6.61 Å². The molecule has 0 aliphatic rings. The smallest absolute Gasteiger partial charge is 0.194 e. The second-order valence-electron chi connectivity index (χ2n) is 6.21. The molecular weight excluding hydrogens is 337 g/mol. The molecule has 3 aromatic carbocycles. The highest BCUT2D eigenvalue weighted by molar-refractivity contribution is 5.70. The first-order chi connectivity index (χ1) is 12.6. The molecular formula is C22H19F3O. The van der Waals surface area contributed by atoms with E-state index in [9.17, 15) is 13.2 Å². The number of aliphatic hydroxyl groups is 1. The van der Waals surface area contributed by atoms with E-state index in [0.29, 0.717) is 11.1 Å². The van der Waals surface area contributed by atoms with Crippen molar-refractivity contribution in [2.24, 2.45) is 0 Å². The van der Waals surface area contributed by atoms with E-state index in [1.807, 2.05) is 24.3 Å². The van der Waals surface area contributed by atoms with Gasteiger partial charge in [0.1, 0.15) is 0 Å². The van der Waals surface area contributed by atoms with Crippen molar-refractivity contribution in [2.45, 2.75) is 19.3 Å². The second kappa shape index (κ2) is 8.19. The lowest BCUT2D eigenvalue weighted by Gasteiger charge is -2.07. The second-order valence-corrected chi connectivity index (χ2v) is 6.21. The third-order valence-electron chi connectivity index (χ3n) is 4.36. The van der Waals surface area contributed by atoms with Crippen molar-refractivity contribution in [1.82, 2.24) is 0 Å². The van der Waals surface area contributed by atoms with Gasteiger partial charge in [0.05, 0.1) is 0 Å². The lowest BCUT2D eigenvalue weighted by molar-refractivity contribution is 0.284. The normalized spacial score (nSPS) is 10.9. The molecule has 26 heavy (non-hydrogen) atoms. The Kier molecular flexibility index (Phi) is 5.74. The molecule has 0 radical (unpaired) electrons. The van der Waals surface area contributed by atoms with Crippen LogP contribution in [-0.2, 0) is 6.42 Å². The third-order valence-corrected chi connectivity index (χ3v) is 4.36. The van der Waals surface area contributed by atoms with Gasteiger partial charge in [-0.3, -0.25) is 0 Å². The number of benzene rings is 3. The summed E-state index contributed by atoms with van der Waals surface area (Å²) in [5.74, 6) is -3.84. The summed E-state index contributed by atoms with van der Waals surface area (Å²) < 4.78 is 39.9. The molecule has 3 rings (SSSR count). The van der Waals surface area contributed by atoms with Gasteiger partial charge in [-0.05, 0) is 59.2 Å². The molecule has 0 saturated heterocycles. The molecule has 0 aliphatic carbocycles. The molecule has 134 valence electrons. The van der Waals surface area contributed by atoms with E-state index in [1.165, 1.54) is 5.56 Å². The Bertz CT molecular complexity index is 848. The standard InChI is InChI=1S/C22H19F3O/c23-20-13-19(14-21(24)22(20)25)18-10-8-17(9-11-18)16-6-4-15(5-7-16)3-1-2-12-26/h4-11,13-14,26H,1-3,12H2. The Balaban J connectivity index is 1.77. The molecule has 0 amide bonds. The molecule has 4 heteroatoms. The Morgan fingerprint density at radius 1 is 0.615 bits per heavy atom. The van der Waals surface area contributed by atoms with Crippen molar-refractivity contribution >= 4 is 0 Å². The van der Waals surface area contributed by atoms with Crippen LogP contribution in [0.3, 0.4) is 0 Å². The van der Waals surface area contributed by atoms with Crippen LogP contribution in [0.2, 0.25) is 0 Å². The summed E-state index contributed by atoms with van der Waals surface area (Å²) in [5, 5.41) is 8.83. The lowest BCUT2D eigenvalue weighted by Crippen LogP contribution is -1.92. The summed E-state index contributed by atoms with van der Waals surface area (Å²) >= 11 is 0. The van der Waals surface area contributed by atoms with Gasteiger partial charge in [0.15, 0.2) is 17.5 Å². The minimum atomic E-state index is -1.45. The van der Waals surface area contributed by atoms with Crippen LogP contribution < -0.4 is 0 Å². The van der Waals surface area contributed by atoms with E-state index < -0.39 is 17.5 Å². The van der Waals surface area contributed by atoms with Gasteiger partial charge in [-0.2, -0.15) is 0 Å². The van der Waals surface area contributed by atoms with Crippen molar-refractivity contribution < 1.29 is 18.3 Å². The number of rotatable bonds is 6. The molecule has 0 aromatic heterocycles. The lowest BCUT2D eigenvalue weighted by atomic mass is 9.98. The molecule has 0 atom stereocenters. The van der Waals surface area contributed by atoms with Crippen molar-refractivity contribution in [1.29, 1.82) is 0 Å². The molecule has 1 N–H and O–H groups in total. The Morgan fingerprint density at radius 3 is 1.58 bits per heavy atom. The van der Waals surface area contributed by atoms with E-state index >= 15 is 0 Å². The van der Waals surface area contributed by atoms with Gasteiger partial charge in [0.25, 0.3) is 0 Å². The van der Waals surface area contributed by atoms with Gasteiger partial charge in [-0.1, -0.05) is 48.5 Å². The zero-order valence-electron chi connectivity index (χ0n) is 14.2. The van der Waals surface area contributed by atoms with Crippen LogP contribution >= 0.6 is 0 Å². The van der Waals surface area contributed by atoms with Gasteiger partial charge < -0.3 is 5.11 Å². The van der Waals surface area contributed by atoms with Crippen molar-refractivity contribution in [3.8, 4) is 22.3 Å². The Hall–Kier alpha value is -2.59. The molecule has 0 bridgehead atoms. The van der Waals surface area contributed by atoms with E-state index in [4.69, 9.17) is 5.11 Å². The maximum Gasteiger partial charge on any atom is 0.194 e. The summed E-state index contributed by atoms with van der Waals surface area (Å²) in [6.07, 6.45) is 2.69. The van der Waals surface area contributed by atoms with Crippen LogP contribution in [0.5, 0.6) is 0 Å². The summed E-state index contributed by atoms with van der Waals surface area (Å²) in [7, 11) is 0. The molecule has 0 aliphatic heterocycles. The number of unbranched alkanes of at least 4 members (excludes halogenated alkanes) is 1. The third kappa shape index (κ3) is 4.14. The topological polar surface area (TPSA) is 20.2 Å². The van der Waals surface area contributed by atoms with Gasteiger partial charge >= 0.3 is 0 Å². The number of hydrogen-bond donors (Lipinski definition) is 1. The van der Waals surface area contributed by atoms with E-state index in [0.717, 1.165) is 42.5 Å². The maximum absolute atomic E-state index is 13.4. The summed E-state index contributed by atoms with van der Waals surface area (Å²) in [4.78, 5) is 0. The molecule has 0 heterocycles. The van der Waals surface area contributed by atoms with Gasteiger partial charge in [0.2, 0.25) is 0 Å². The van der Waals surface area contributed by atoms with Crippen LogP contribution in [0.15, 0.2) is 60.7 Å². The zero-order valence-corrected chi connectivity index (χ0v) is 14.2. The number of halogens is 3. The van der Waals surface area contributed by atoms with Gasteiger partial charge in [0, 0.05) is 6.61 Å². The molecule has 0 fully saturated rings. The van der Waals surface area contributed by atoms with Crippen LogP contribution in [0.25, 0.3) is 22.3 Å². The minimum Gasteiger partial charge on any atom is -0.396 e. The summed E-state index contributed by atoms with van der Waals surface area (Å²) in [6, 6.07) is 17.4. The fourth-order valence-electron chi connectivity index (χ4n) is 2.88. The fraction of sp³-hybridized carbons (Fsp3) is 0.182. The quantitative estimate of drug-likeness (QED) is 0.440. The minimum absolute atomic E-state index is 0.215. The highest BCUT2D eigenvalue weighted by atomic mass is 19.2. The Morgan fingerprint density at radius 2 is 1.08 bits per heavy atom. The highest BCUT2D eigenvalue weighted by Gasteiger charge is 2.11. The average molecular weight is 356 g/mol. The zero-order chi connectivity index (χ0) is 18.5. The van der Waals surface area contributed by atoms with Crippen molar-refractivity contribution in [3.05, 3.63) is 83.7 Å². The van der Waals surface area contributed by atoms with E-state index in [1.54, 1.807) is 12.1 Å². The number of aliphatic hydroxyl groups excluding tert-OH is 1. The number of aryl methyl sites for hydroxylation is 1. The molecule has 1 nitrogen and oxygen atoms in total. The van der Waals surface area contributed by atoms with E-state index in [2.05, 4.69) is 12.1 Å². The van der Waals surface area contributed by atoms with Crippen LogP contribution in [0.1, 0.15) is 18.4 Å². The van der Waals surface area contributed by atoms with Crippen LogP contribution in [0, 0.1) is 17.5 Å². The predicted molar refractivity (Wildman–Crippen MR) is 97.2 cm³/mol. The molecule has 0 unspecified atom stereocenters. The maximum atomic E-state index is 13.4. The van der Waals surface area contributed by atoms with Crippen molar-refractivity contribution in [2.75, 3.05) is 6.61 Å². The monoisotopic (exact) mass is 356 g/mol. The van der Waals surface area contributed by atoms with Crippen LogP contribution in [0.4, 0.5) is 13.2 Å². The highest BCUT2D eigenvalue weighted by Crippen LogP contribution is 2.27. The summed E-state index contributed by atoms with van der Waals surface area (Å²) in [6.45, 7) is 0.215. The molecule has 0 spiro atoms.